The van der Waals surface area contributed by atoms with Gasteiger partial charge in [0.1, 0.15) is 5.82 Å². The average molecular weight is 290 g/mol. The third-order valence-corrected chi connectivity index (χ3v) is 4.86. The molecule has 0 bridgehead atoms. The van der Waals surface area contributed by atoms with Crippen molar-refractivity contribution in [3.8, 4) is 0 Å². The van der Waals surface area contributed by atoms with Crippen LogP contribution in [0.5, 0.6) is 0 Å². The van der Waals surface area contributed by atoms with Gasteiger partial charge in [-0.05, 0) is 39.2 Å². The van der Waals surface area contributed by atoms with E-state index in [4.69, 9.17) is 0 Å². The SMILES string of the molecule is Cc1nc(CN2CCCC(Cn3ccnc3C)C2)cs1. The molecule has 1 aliphatic rings. The Bertz CT molecular complexity index is 560. The summed E-state index contributed by atoms with van der Waals surface area (Å²) in [6.45, 7) is 8.64. The zero-order valence-electron chi connectivity index (χ0n) is 12.2. The lowest BCUT2D eigenvalue weighted by molar-refractivity contribution is 0.154. The van der Waals surface area contributed by atoms with Gasteiger partial charge in [0, 0.05) is 37.4 Å². The van der Waals surface area contributed by atoms with E-state index < -0.39 is 0 Å². The Labute approximate surface area is 124 Å². The maximum atomic E-state index is 4.58. The van der Waals surface area contributed by atoms with Gasteiger partial charge in [-0.2, -0.15) is 0 Å². The Morgan fingerprint density at radius 1 is 1.40 bits per heavy atom. The molecule has 108 valence electrons. The van der Waals surface area contributed by atoms with E-state index in [-0.39, 0.29) is 0 Å². The van der Waals surface area contributed by atoms with Gasteiger partial charge in [0.25, 0.3) is 0 Å². The molecule has 4 nitrogen and oxygen atoms in total. The third-order valence-electron chi connectivity index (χ3n) is 4.03. The van der Waals surface area contributed by atoms with E-state index in [1.165, 1.54) is 36.6 Å². The van der Waals surface area contributed by atoms with Crippen LogP contribution in [0.2, 0.25) is 0 Å². The van der Waals surface area contributed by atoms with Crippen LogP contribution in [-0.4, -0.2) is 32.5 Å². The standard InChI is InChI=1S/C15H22N4S/c1-12-16-5-7-19(12)9-14-4-3-6-18(8-14)10-15-11-20-13(2)17-15/h5,7,11,14H,3-4,6,8-10H2,1-2H3. The molecule has 3 heterocycles. The van der Waals surface area contributed by atoms with Crippen molar-refractivity contribution in [3.05, 3.63) is 34.3 Å². The summed E-state index contributed by atoms with van der Waals surface area (Å²) in [5, 5.41) is 3.36. The Balaban J connectivity index is 1.57. The van der Waals surface area contributed by atoms with Crippen molar-refractivity contribution in [1.29, 1.82) is 0 Å². The first-order valence-electron chi connectivity index (χ1n) is 7.32. The summed E-state index contributed by atoms with van der Waals surface area (Å²) in [4.78, 5) is 11.4. The first-order valence-corrected chi connectivity index (χ1v) is 8.20. The first kappa shape index (κ1) is 13.8. The second-order valence-electron chi connectivity index (χ2n) is 5.73. The zero-order valence-corrected chi connectivity index (χ0v) is 13.1. The Morgan fingerprint density at radius 3 is 3.00 bits per heavy atom. The van der Waals surface area contributed by atoms with Crippen LogP contribution < -0.4 is 0 Å². The van der Waals surface area contributed by atoms with E-state index in [0.29, 0.717) is 0 Å². The number of imidazole rings is 1. The van der Waals surface area contributed by atoms with Gasteiger partial charge in [-0.3, -0.25) is 4.90 Å². The van der Waals surface area contributed by atoms with Crippen molar-refractivity contribution in [2.24, 2.45) is 5.92 Å². The Morgan fingerprint density at radius 2 is 2.30 bits per heavy atom. The smallest absolute Gasteiger partial charge is 0.105 e. The molecule has 0 spiro atoms. The lowest BCUT2D eigenvalue weighted by atomic mass is 9.98. The molecule has 1 atom stereocenters. The number of likely N-dealkylation sites (tertiary alicyclic amines) is 1. The lowest BCUT2D eigenvalue weighted by Crippen LogP contribution is -2.36. The van der Waals surface area contributed by atoms with Gasteiger partial charge in [0.2, 0.25) is 0 Å². The molecule has 5 heteroatoms. The van der Waals surface area contributed by atoms with Crippen LogP contribution in [0.4, 0.5) is 0 Å². The minimum absolute atomic E-state index is 0.733. The number of aromatic nitrogens is 3. The fourth-order valence-corrected chi connectivity index (χ4v) is 3.63. The van der Waals surface area contributed by atoms with Crippen LogP contribution in [0.15, 0.2) is 17.8 Å². The molecule has 0 radical (unpaired) electrons. The molecule has 0 saturated carbocycles. The third kappa shape index (κ3) is 3.27. The lowest BCUT2D eigenvalue weighted by Gasteiger charge is -2.32. The van der Waals surface area contributed by atoms with Crippen LogP contribution in [0.1, 0.15) is 29.4 Å². The van der Waals surface area contributed by atoms with Gasteiger partial charge in [0.05, 0.1) is 10.7 Å². The summed E-state index contributed by atoms with van der Waals surface area (Å²) in [6.07, 6.45) is 6.61. The molecule has 1 unspecified atom stereocenters. The van der Waals surface area contributed by atoms with Gasteiger partial charge in [0.15, 0.2) is 0 Å². The van der Waals surface area contributed by atoms with Crippen LogP contribution in [0.25, 0.3) is 0 Å². The average Bonchev–Trinajstić information content (AvgIpc) is 3.00. The van der Waals surface area contributed by atoms with Gasteiger partial charge in [-0.15, -0.1) is 11.3 Å². The van der Waals surface area contributed by atoms with Crippen molar-refractivity contribution in [2.75, 3.05) is 13.1 Å². The van der Waals surface area contributed by atoms with Crippen molar-refractivity contribution in [3.63, 3.8) is 0 Å². The second kappa shape index (κ2) is 6.06. The molecular weight excluding hydrogens is 268 g/mol. The summed E-state index contributed by atoms with van der Waals surface area (Å²) in [6, 6.07) is 0. The van der Waals surface area contributed by atoms with E-state index in [1.54, 1.807) is 11.3 Å². The highest BCUT2D eigenvalue weighted by molar-refractivity contribution is 7.09. The summed E-state index contributed by atoms with van der Waals surface area (Å²) < 4.78 is 2.28. The van der Waals surface area contributed by atoms with E-state index in [0.717, 1.165) is 24.8 Å². The van der Waals surface area contributed by atoms with Crippen LogP contribution in [0, 0.1) is 19.8 Å². The Kier molecular flexibility index (Phi) is 4.17. The highest BCUT2D eigenvalue weighted by Gasteiger charge is 2.21. The number of aryl methyl sites for hydroxylation is 2. The van der Waals surface area contributed by atoms with Crippen LogP contribution >= 0.6 is 11.3 Å². The summed E-state index contributed by atoms with van der Waals surface area (Å²) >= 11 is 1.75. The Hall–Kier alpha value is -1.20. The molecule has 2 aromatic rings. The number of rotatable bonds is 4. The van der Waals surface area contributed by atoms with Crippen molar-refractivity contribution >= 4 is 11.3 Å². The molecule has 1 aliphatic heterocycles. The zero-order chi connectivity index (χ0) is 13.9. The van der Waals surface area contributed by atoms with Gasteiger partial charge >= 0.3 is 0 Å². The maximum absolute atomic E-state index is 4.58. The summed E-state index contributed by atoms with van der Waals surface area (Å²) in [5.41, 5.74) is 1.23. The van der Waals surface area contributed by atoms with E-state index in [2.05, 4.69) is 44.9 Å². The van der Waals surface area contributed by atoms with Crippen molar-refractivity contribution < 1.29 is 0 Å². The number of hydrogen-bond donors (Lipinski definition) is 0. The fraction of sp³-hybridized carbons (Fsp3) is 0.600. The quantitative estimate of drug-likeness (QED) is 0.868. The summed E-state index contributed by atoms with van der Waals surface area (Å²) in [5.74, 6) is 1.86. The predicted molar refractivity (Wildman–Crippen MR) is 81.8 cm³/mol. The number of thiazole rings is 1. The molecule has 1 fully saturated rings. The van der Waals surface area contributed by atoms with E-state index in [9.17, 15) is 0 Å². The minimum Gasteiger partial charge on any atom is -0.335 e. The van der Waals surface area contributed by atoms with E-state index in [1.807, 2.05) is 6.20 Å². The topological polar surface area (TPSA) is 34.0 Å². The first-order chi connectivity index (χ1) is 9.70. The van der Waals surface area contributed by atoms with Crippen LogP contribution in [-0.2, 0) is 13.1 Å². The number of hydrogen-bond acceptors (Lipinski definition) is 4. The normalized spacial score (nSPS) is 20.4. The van der Waals surface area contributed by atoms with Crippen LogP contribution in [0.3, 0.4) is 0 Å². The molecule has 0 amide bonds. The molecule has 0 aliphatic carbocycles. The molecular formula is C15H22N4S. The number of nitrogens with zero attached hydrogens (tertiary/aromatic N) is 4. The van der Waals surface area contributed by atoms with E-state index >= 15 is 0 Å². The molecule has 20 heavy (non-hydrogen) atoms. The molecule has 2 aromatic heterocycles. The largest absolute Gasteiger partial charge is 0.335 e. The molecule has 3 rings (SSSR count). The predicted octanol–water partition coefficient (Wildman–Crippen LogP) is 2.87. The van der Waals surface area contributed by atoms with Gasteiger partial charge in [-0.1, -0.05) is 0 Å². The highest BCUT2D eigenvalue weighted by atomic mass is 32.1. The van der Waals surface area contributed by atoms with Gasteiger partial charge in [-0.25, -0.2) is 9.97 Å². The van der Waals surface area contributed by atoms with Crippen molar-refractivity contribution in [2.45, 2.75) is 39.8 Å². The van der Waals surface area contributed by atoms with Gasteiger partial charge < -0.3 is 4.57 Å². The summed E-state index contributed by atoms with van der Waals surface area (Å²) in [7, 11) is 0. The highest BCUT2D eigenvalue weighted by Crippen LogP contribution is 2.21. The number of piperidine rings is 1. The molecule has 0 N–H and O–H groups in total. The monoisotopic (exact) mass is 290 g/mol. The molecule has 1 saturated heterocycles. The molecule has 0 aromatic carbocycles. The fourth-order valence-electron chi connectivity index (χ4n) is 3.03. The minimum atomic E-state index is 0.733. The van der Waals surface area contributed by atoms with Crippen molar-refractivity contribution in [1.82, 2.24) is 19.4 Å². The maximum Gasteiger partial charge on any atom is 0.105 e. The second-order valence-corrected chi connectivity index (χ2v) is 6.79.